The molecule has 1 N–H and O–H groups in total. The second kappa shape index (κ2) is 10.3. The summed E-state index contributed by atoms with van der Waals surface area (Å²) in [4.78, 5) is 18.5. The maximum Gasteiger partial charge on any atom is 0.298 e. The van der Waals surface area contributed by atoms with Gasteiger partial charge in [0.15, 0.2) is 5.16 Å². The molecule has 0 aliphatic carbocycles. The Labute approximate surface area is 172 Å². The number of nitrogens with zero attached hydrogens (tertiary/aromatic N) is 1. The highest BCUT2D eigenvalue weighted by atomic mass is 32.2. The van der Waals surface area contributed by atoms with Gasteiger partial charge in [0.2, 0.25) is 0 Å². The second-order valence-corrected chi connectivity index (χ2v) is 7.73. The van der Waals surface area contributed by atoms with Gasteiger partial charge in [-0.3, -0.25) is 4.79 Å². The van der Waals surface area contributed by atoms with Crippen LogP contribution in [0.5, 0.6) is 5.75 Å². The molecule has 28 heavy (non-hydrogen) atoms. The molecule has 0 saturated heterocycles. The first-order valence-corrected chi connectivity index (χ1v) is 10.7. The van der Waals surface area contributed by atoms with Crippen molar-refractivity contribution in [1.82, 2.24) is 9.97 Å². The molecule has 150 valence electrons. The molecule has 0 amide bonds. The lowest BCUT2D eigenvalue weighted by Crippen LogP contribution is -2.00. The number of hydrogen-bond donors (Lipinski definition) is 1. The van der Waals surface area contributed by atoms with Crippen molar-refractivity contribution in [3.8, 4) is 5.75 Å². The molecule has 5 heteroatoms. The Morgan fingerprint density at radius 3 is 2.54 bits per heavy atom. The average molecular weight is 399 g/mol. The Kier molecular flexibility index (Phi) is 8.12. The number of aromatic nitrogens is 2. The van der Waals surface area contributed by atoms with E-state index in [1.165, 1.54) is 27.9 Å². The molecule has 1 heterocycles. The van der Waals surface area contributed by atoms with Gasteiger partial charge in [0.05, 0.1) is 11.0 Å². The predicted molar refractivity (Wildman–Crippen MR) is 119 cm³/mol. The summed E-state index contributed by atoms with van der Waals surface area (Å²) in [6, 6.07) is 5.40. The number of rotatable bonds is 9. The molecular weight excluding hydrogens is 368 g/mol. The number of carbonyl (C=O) groups excluding carboxylic acids is 1. The van der Waals surface area contributed by atoms with Crippen LogP contribution in [0.1, 0.15) is 54.4 Å². The van der Waals surface area contributed by atoms with E-state index in [-0.39, 0.29) is 0 Å². The Morgan fingerprint density at radius 1 is 1.18 bits per heavy atom. The highest BCUT2D eigenvalue weighted by molar-refractivity contribution is 7.99. The van der Waals surface area contributed by atoms with Gasteiger partial charge < -0.3 is 9.72 Å². The minimum atomic E-state index is 0.435. The van der Waals surface area contributed by atoms with Crippen molar-refractivity contribution in [3.63, 3.8) is 0 Å². The summed E-state index contributed by atoms with van der Waals surface area (Å²) in [6.45, 7) is 13.6. The number of allylic oxidation sites excluding steroid dienone is 5. The van der Waals surface area contributed by atoms with Gasteiger partial charge in [0.1, 0.15) is 5.75 Å². The van der Waals surface area contributed by atoms with E-state index < -0.39 is 0 Å². The Bertz CT molecular complexity index is 935. The molecule has 0 saturated carbocycles. The van der Waals surface area contributed by atoms with Crippen molar-refractivity contribution >= 4 is 29.3 Å². The number of benzene rings is 1. The maximum absolute atomic E-state index is 10.5. The third kappa shape index (κ3) is 5.16. The first-order chi connectivity index (χ1) is 13.4. The lowest BCUT2D eigenvalue weighted by Gasteiger charge is -2.17. The quantitative estimate of drug-likeness (QED) is 0.293. The van der Waals surface area contributed by atoms with Gasteiger partial charge in [-0.05, 0) is 69.4 Å². The fourth-order valence-electron chi connectivity index (χ4n) is 3.26. The highest BCUT2D eigenvalue weighted by Gasteiger charge is 2.13. The van der Waals surface area contributed by atoms with E-state index in [0.29, 0.717) is 12.2 Å². The molecule has 0 atom stereocenters. The number of fused-ring (bicyclic) bond motifs is 1. The normalized spacial score (nSPS) is 14.0. The van der Waals surface area contributed by atoms with E-state index in [9.17, 15) is 4.79 Å². The molecule has 1 aromatic heterocycles. The Morgan fingerprint density at radius 2 is 1.93 bits per heavy atom. The van der Waals surface area contributed by atoms with E-state index in [1.54, 1.807) is 23.9 Å². The number of H-pyrrole nitrogens is 1. The predicted octanol–water partition coefficient (Wildman–Crippen LogP) is 6.61. The van der Waals surface area contributed by atoms with Crippen LogP contribution in [0.15, 0.2) is 57.3 Å². The molecule has 0 unspecified atom stereocenters. The fourth-order valence-corrected chi connectivity index (χ4v) is 4.35. The van der Waals surface area contributed by atoms with E-state index in [1.807, 2.05) is 6.07 Å². The summed E-state index contributed by atoms with van der Waals surface area (Å²) in [5, 5.41) is 0.869. The van der Waals surface area contributed by atoms with Crippen molar-refractivity contribution < 1.29 is 9.53 Å². The zero-order valence-electron chi connectivity index (χ0n) is 17.7. The summed E-state index contributed by atoms with van der Waals surface area (Å²) in [5.41, 5.74) is 8.69. The zero-order chi connectivity index (χ0) is 20.7. The molecule has 0 aliphatic heterocycles. The molecule has 4 nitrogen and oxygen atoms in total. The first-order valence-electron chi connectivity index (χ1n) is 9.69. The van der Waals surface area contributed by atoms with Gasteiger partial charge in [-0.25, -0.2) is 4.98 Å². The number of carbonyl (C=O) groups is 1. The van der Waals surface area contributed by atoms with E-state index >= 15 is 0 Å². The molecule has 0 aliphatic rings. The lowest BCUT2D eigenvalue weighted by molar-refractivity contribution is -0.120. The van der Waals surface area contributed by atoms with Crippen LogP contribution in [-0.4, -0.2) is 22.2 Å². The molecule has 1 aromatic carbocycles. The van der Waals surface area contributed by atoms with Gasteiger partial charge in [0, 0.05) is 11.8 Å². The first kappa shape index (κ1) is 22.0. The van der Waals surface area contributed by atoms with E-state index in [2.05, 4.69) is 57.6 Å². The monoisotopic (exact) mass is 398 g/mol. The van der Waals surface area contributed by atoms with Crippen molar-refractivity contribution in [2.24, 2.45) is 0 Å². The van der Waals surface area contributed by atoms with Crippen LogP contribution >= 0.6 is 11.8 Å². The Balaban J connectivity index is 2.31. The van der Waals surface area contributed by atoms with Crippen LogP contribution in [0.3, 0.4) is 0 Å². The minimum Gasteiger partial charge on any atom is -0.429 e. The third-order valence-electron chi connectivity index (χ3n) is 5.18. The molecule has 0 radical (unpaired) electrons. The molecule has 2 rings (SSSR count). The van der Waals surface area contributed by atoms with Gasteiger partial charge >= 0.3 is 0 Å². The van der Waals surface area contributed by atoms with Crippen LogP contribution < -0.4 is 4.74 Å². The standard InChI is InChI=1S/C23H30N2O2S/c1-7-15(4)19(9-3)17(6)20(16(5)8-2)13-28-23-24-21-11-10-18(27-14-26)12-22(21)25-23/h7,10-12,14H,8-9,13H2,1-6H3,(H,24,25)/b15-7-,19-17-,20-16?. The number of hydrogen-bond acceptors (Lipinski definition) is 4. The molecular formula is C23H30N2O2S. The van der Waals surface area contributed by atoms with E-state index in [4.69, 9.17) is 4.74 Å². The van der Waals surface area contributed by atoms with Crippen LogP contribution in [0.25, 0.3) is 11.0 Å². The fraction of sp³-hybridized carbons (Fsp3) is 0.391. The minimum absolute atomic E-state index is 0.435. The third-order valence-corrected chi connectivity index (χ3v) is 6.08. The van der Waals surface area contributed by atoms with Gasteiger partial charge in [-0.2, -0.15) is 0 Å². The average Bonchev–Trinajstić information content (AvgIpc) is 3.10. The smallest absolute Gasteiger partial charge is 0.298 e. The highest BCUT2D eigenvalue weighted by Crippen LogP contribution is 2.31. The largest absolute Gasteiger partial charge is 0.429 e. The van der Waals surface area contributed by atoms with Gasteiger partial charge in [-0.1, -0.05) is 42.8 Å². The summed E-state index contributed by atoms with van der Waals surface area (Å²) < 4.78 is 4.92. The summed E-state index contributed by atoms with van der Waals surface area (Å²) in [5.74, 6) is 1.38. The SMILES string of the molecule is C/C=C(C)\C(CC)=C(\C)C(CSc1nc2ccc(OC=O)cc2[nH]1)=C(C)CC. The van der Waals surface area contributed by atoms with Crippen LogP contribution in [0.4, 0.5) is 0 Å². The number of imidazole rings is 1. The maximum atomic E-state index is 10.5. The summed E-state index contributed by atoms with van der Waals surface area (Å²) >= 11 is 1.70. The number of nitrogens with one attached hydrogen (secondary N) is 1. The topological polar surface area (TPSA) is 55.0 Å². The lowest BCUT2D eigenvalue weighted by atomic mass is 9.92. The van der Waals surface area contributed by atoms with Crippen LogP contribution in [0, 0.1) is 0 Å². The van der Waals surface area contributed by atoms with Gasteiger partial charge in [-0.15, -0.1) is 0 Å². The second-order valence-electron chi connectivity index (χ2n) is 6.76. The number of aromatic amines is 1. The number of thioether (sulfide) groups is 1. The molecule has 0 spiro atoms. The molecule has 0 bridgehead atoms. The molecule has 0 fully saturated rings. The number of ether oxygens (including phenoxy) is 1. The van der Waals surface area contributed by atoms with Crippen molar-refractivity contribution in [3.05, 3.63) is 52.1 Å². The van der Waals surface area contributed by atoms with Crippen LogP contribution in [0.2, 0.25) is 0 Å². The summed E-state index contributed by atoms with van der Waals surface area (Å²) in [7, 11) is 0. The van der Waals surface area contributed by atoms with Crippen molar-refractivity contribution in [2.75, 3.05) is 5.75 Å². The van der Waals surface area contributed by atoms with Crippen molar-refractivity contribution in [2.45, 2.75) is 59.5 Å². The molecule has 2 aromatic rings. The zero-order valence-corrected chi connectivity index (χ0v) is 18.5. The van der Waals surface area contributed by atoms with E-state index in [0.717, 1.165) is 34.8 Å². The van der Waals surface area contributed by atoms with Crippen LogP contribution in [-0.2, 0) is 4.79 Å². The summed E-state index contributed by atoms with van der Waals surface area (Å²) in [6.07, 6.45) is 4.25. The Hall–Kier alpha value is -2.27. The van der Waals surface area contributed by atoms with Crippen molar-refractivity contribution in [1.29, 1.82) is 0 Å². The van der Waals surface area contributed by atoms with Gasteiger partial charge in [0.25, 0.3) is 6.47 Å².